The molecule has 0 saturated heterocycles. The first kappa shape index (κ1) is 14.0. The molecule has 0 aliphatic heterocycles. The zero-order valence-electron chi connectivity index (χ0n) is 11.3. The number of rotatable bonds is 4. The van der Waals surface area contributed by atoms with Gasteiger partial charge < -0.3 is 5.73 Å². The Balaban J connectivity index is 2.15. The number of hydrogen-bond donors (Lipinski definition) is 1. The molecular formula is C16H19NOS. The Labute approximate surface area is 117 Å². The molecule has 0 spiro atoms. The van der Waals surface area contributed by atoms with Gasteiger partial charge in [-0.1, -0.05) is 42.0 Å². The van der Waals surface area contributed by atoms with Crippen molar-refractivity contribution in [2.45, 2.75) is 31.0 Å². The minimum atomic E-state index is -0.994. The van der Waals surface area contributed by atoms with Crippen LogP contribution in [0.1, 0.15) is 22.3 Å². The van der Waals surface area contributed by atoms with Crippen LogP contribution in [0.3, 0.4) is 0 Å². The Hall–Kier alpha value is -1.45. The predicted molar refractivity (Wildman–Crippen MR) is 80.4 cm³/mol. The average Bonchev–Trinajstić information content (AvgIpc) is 2.39. The summed E-state index contributed by atoms with van der Waals surface area (Å²) in [5, 5.41) is 0. The summed E-state index contributed by atoms with van der Waals surface area (Å²) in [6, 6.07) is 14.0. The van der Waals surface area contributed by atoms with Gasteiger partial charge in [-0.15, -0.1) is 0 Å². The van der Waals surface area contributed by atoms with Gasteiger partial charge >= 0.3 is 0 Å². The van der Waals surface area contributed by atoms with Crippen LogP contribution in [0.4, 0.5) is 0 Å². The van der Waals surface area contributed by atoms with Crippen LogP contribution in [0.15, 0.2) is 47.4 Å². The first-order valence-corrected chi connectivity index (χ1v) is 7.65. The van der Waals surface area contributed by atoms with Crippen molar-refractivity contribution in [3.05, 3.63) is 64.7 Å². The Morgan fingerprint density at radius 1 is 1.00 bits per heavy atom. The van der Waals surface area contributed by atoms with Crippen molar-refractivity contribution in [2.75, 3.05) is 0 Å². The van der Waals surface area contributed by atoms with Gasteiger partial charge in [0.25, 0.3) is 0 Å². The molecule has 0 heterocycles. The lowest BCUT2D eigenvalue weighted by molar-refractivity contribution is 0.682. The fraction of sp³-hybridized carbons (Fsp3) is 0.250. The molecule has 0 bridgehead atoms. The monoisotopic (exact) mass is 273 g/mol. The molecule has 0 aliphatic rings. The lowest BCUT2D eigenvalue weighted by atomic mass is 10.1. The number of aryl methyl sites for hydroxylation is 2. The molecule has 2 nitrogen and oxygen atoms in total. The van der Waals surface area contributed by atoms with E-state index in [1.165, 1.54) is 5.56 Å². The van der Waals surface area contributed by atoms with Gasteiger partial charge in [-0.05, 0) is 36.6 Å². The normalized spacial score (nSPS) is 12.4. The summed E-state index contributed by atoms with van der Waals surface area (Å²) < 4.78 is 12.4. The van der Waals surface area contributed by atoms with Gasteiger partial charge in [-0.25, -0.2) is 0 Å². The molecule has 2 aromatic rings. The summed E-state index contributed by atoms with van der Waals surface area (Å²) in [6.07, 6.45) is 0. The van der Waals surface area contributed by atoms with E-state index >= 15 is 0 Å². The summed E-state index contributed by atoms with van der Waals surface area (Å²) in [5.74, 6) is 0.550. The van der Waals surface area contributed by atoms with Crippen LogP contribution in [0.2, 0.25) is 0 Å². The summed E-state index contributed by atoms with van der Waals surface area (Å²) in [5.41, 5.74) is 10.0. The molecule has 1 atom stereocenters. The van der Waals surface area contributed by atoms with Crippen molar-refractivity contribution in [1.82, 2.24) is 0 Å². The molecule has 0 aromatic heterocycles. The number of benzene rings is 2. The van der Waals surface area contributed by atoms with Gasteiger partial charge in [0.1, 0.15) is 0 Å². The van der Waals surface area contributed by atoms with E-state index < -0.39 is 10.8 Å². The molecule has 0 aliphatic carbocycles. The maximum absolute atomic E-state index is 12.4. The van der Waals surface area contributed by atoms with Crippen molar-refractivity contribution < 1.29 is 4.21 Å². The molecule has 0 amide bonds. The van der Waals surface area contributed by atoms with Crippen molar-refractivity contribution in [3.63, 3.8) is 0 Å². The van der Waals surface area contributed by atoms with E-state index in [9.17, 15) is 4.21 Å². The molecule has 0 fully saturated rings. The zero-order chi connectivity index (χ0) is 13.8. The molecule has 19 heavy (non-hydrogen) atoms. The molecule has 100 valence electrons. The van der Waals surface area contributed by atoms with Crippen molar-refractivity contribution in [1.29, 1.82) is 0 Å². The minimum Gasteiger partial charge on any atom is -0.326 e. The molecule has 2 aromatic carbocycles. The molecule has 2 N–H and O–H groups in total. The Morgan fingerprint density at radius 2 is 1.63 bits per heavy atom. The average molecular weight is 273 g/mol. The molecule has 2 rings (SSSR count). The highest BCUT2D eigenvalue weighted by Crippen LogP contribution is 2.18. The standard InChI is InChI=1S/C16H19NOS/c1-12-3-8-16(13(2)9-12)19(18)11-15-6-4-14(10-17)5-7-15/h3-9H,10-11,17H2,1-2H3. The van der Waals surface area contributed by atoms with Gasteiger partial charge in [0.15, 0.2) is 0 Å². The Morgan fingerprint density at radius 3 is 2.21 bits per heavy atom. The van der Waals surface area contributed by atoms with Crippen molar-refractivity contribution >= 4 is 10.8 Å². The smallest absolute Gasteiger partial charge is 0.0576 e. The SMILES string of the molecule is Cc1ccc(S(=O)Cc2ccc(CN)cc2)c(C)c1. The van der Waals surface area contributed by atoms with Gasteiger partial charge in [0.05, 0.1) is 16.6 Å². The van der Waals surface area contributed by atoms with Crippen LogP contribution in [0, 0.1) is 13.8 Å². The molecule has 1 unspecified atom stereocenters. The molecule has 0 saturated carbocycles. The second kappa shape index (κ2) is 6.13. The number of hydrogen-bond acceptors (Lipinski definition) is 2. The van der Waals surface area contributed by atoms with Crippen LogP contribution >= 0.6 is 0 Å². The third-order valence-corrected chi connectivity index (χ3v) is 4.68. The van der Waals surface area contributed by atoms with Gasteiger partial charge in [0, 0.05) is 11.4 Å². The predicted octanol–water partition coefficient (Wildman–Crippen LogP) is 3.07. The minimum absolute atomic E-state index is 0.542. The highest BCUT2D eigenvalue weighted by molar-refractivity contribution is 7.84. The van der Waals surface area contributed by atoms with Crippen molar-refractivity contribution in [2.24, 2.45) is 5.73 Å². The van der Waals surface area contributed by atoms with Crippen LogP contribution < -0.4 is 5.73 Å². The van der Waals surface area contributed by atoms with Gasteiger partial charge in [-0.3, -0.25) is 4.21 Å². The molecule has 0 radical (unpaired) electrons. The van der Waals surface area contributed by atoms with Crippen molar-refractivity contribution in [3.8, 4) is 0 Å². The quantitative estimate of drug-likeness (QED) is 0.930. The third kappa shape index (κ3) is 3.52. The summed E-state index contributed by atoms with van der Waals surface area (Å²) in [7, 11) is -0.994. The summed E-state index contributed by atoms with van der Waals surface area (Å²) in [6.45, 7) is 4.60. The van der Waals surface area contributed by atoms with E-state index in [2.05, 4.69) is 6.07 Å². The largest absolute Gasteiger partial charge is 0.326 e. The van der Waals surface area contributed by atoms with Gasteiger partial charge in [-0.2, -0.15) is 0 Å². The van der Waals surface area contributed by atoms with E-state index in [1.807, 2.05) is 50.2 Å². The second-order valence-electron chi connectivity index (χ2n) is 4.78. The van der Waals surface area contributed by atoms with E-state index in [1.54, 1.807) is 0 Å². The first-order valence-electron chi connectivity index (χ1n) is 6.33. The topological polar surface area (TPSA) is 43.1 Å². The molecule has 3 heteroatoms. The lowest BCUT2D eigenvalue weighted by Crippen LogP contribution is -2.00. The van der Waals surface area contributed by atoms with E-state index in [4.69, 9.17) is 5.73 Å². The van der Waals surface area contributed by atoms with Crippen LogP contribution in [0.25, 0.3) is 0 Å². The van der Waals surface area contributed by atoms with E-state index in [0.29, 0.717) is 12.3 Å². The van der Waals surface area contributed by atoms with Crippen LogP contribution in [-0.4, -0.2) is 4.21 Å². The maximum Gasteiger partial charge on any atom is 0.0576 e. The fourth-order valence-electron chi connectivity index (χ4n) is 2.06. The van der Waals surface area contributed by atoms with Crippen LogP contribution in [0.5, 0.6) is 0 Å². The molecular weight excluding hydrogens is 254 g/mol. The number of nitrogens with two attached hydrogens (primary N) is 1. The zero-order valence-corrected chi connectivity index (χ0v) is 12.2. The highest BCUT2D eigenvalue weighted by atomic mass is 32.2. The highest BCUT2D eigenvalue weighted by Gasteiger charge is 2.08. The Bertz CT molecular complexity index is 590. The summed E-state index contributed by atoms with van der Waals surface area (Å²) >= 11 is 0. The van der Waals surface area contributed by atoms with E-state index in [-0.39, 0.29) is 0 Å². The van der Waals surface area contributed by atoms with E-state index in [0.717, 1.165) is 21.6 Å². The third-order valence-electron chi connectivity index (χ3n) is 3.13. The fourth-order valence-corrected chi connectivity index (χ4v) is 3.34. The lowest BCUT2D eigenvalue weighted by Gasteiger charge is -2.07. The first-order chi connectivity index (χ1) is 9.10. The Kier molecular flexibility index (Phi) is 4.51. The van der Waals surface area contributed by atoms with Crippen LogP contribution in [-0.2, 0) is 23.1 Å². The maximum atomic E-state index is 12.4. The second-order valence-corrected chi connectivity index (χ2v) is 6.20. The van der Waals surface area contributed by atoms with Gasteiger partial charge in [0.2, 0.25) is 0 Å². The summed E-state index contributed by atoms with van der Waals surface area (Å²) in [4.78, 5) is 0.925.